The number of sulfonamides is 2. The van der Waals surface area contributed by atoms with Gasteiger partial charge in [0.2, 0.25) is 20.0 Å². The predicted molar refractivity (Wildman–Crippen MR) is 152 cm³/mol. The van der Waals surface area contributed by atoms with Crippen LogP contribution < -0.4 is 15.4 Å². The van der Waals surface area contributed by atoms with Crippen LogP contribution >= 0.6 is 0 Å². The molecule has 2 aromatic rings. The van der Waals surface area contributed by atoms with Crippen LogP contribution in [0.5, 0.6) is 11.5 Å². The summed E-state index contributed by atoms with van der Waals surface area (Å²) in [5.74, 6) is -4.67. The molecule has 4 aliphatic rings. The van der Waals surface area contributed by atoms with Gasteiger partial charge in [-0.15, -0.1) is 28.2 Å². The molecule has 0 radical (unpaired) electrons. The summed E-state index contributed by atoms with van der Waals surface area (Å²) in [6, 6.07) is 10.2. The zero-order valence-corrected chi connectivity index (χ0v) is 24.9. The number of hydrogen-bond donors (Lipinski definition) is 2. The molecule has 45 heavy (non-hydrogen) atoms. The second-order valence-corrected chi connectivity index (χ2v) is 14.2. The van der Waals surface area contributed by atoms with Gasteiger partial charge in [-0.1, -0.05) is 0 Å². The molecule has 4 unspecified atom stereocenters. The van der Waals surface area contributed by atoms with Crippen molar-refractivity contribution < 1.29 is 21.6 Å². The van der Waals surface area contributed by atoms with Gasteiger partial charge in [0, 0.05) is 20.7 Å². The van der Waals surface area contributed by atoms with Crippen molar-refractivity contribution in [2.24, 2.45) is 20.7 Å². The van der Waals surface area contributed by atoms with Crippen molar-refractivity contribution in [3.05, 3.63) is 68.2 Å². The maximum Gasteiger partial charge on any atom is 0.361 e. The molecule has 2 aromatic carbocycles. The van der Waals surface area contributed by atoms with E-state index in [1.165, 1.54) is 58.3 Å². The molecule has 4 heterocycles. The van der Waals surface area contributed by atoms with Gasteiger partial charge < -0.3 is 4.74 Å². The summed E-state index contributed by atoms with van der Waals surface area (Å²) in [5.41, 5.74) is 0. The summed E-state index contributed by atoms with van der Waals surface area (Å²) in [6.45, 7) is 0.264. The quantitative estimate of drug-likeness (QED) is 0.314. The molecule has 2 N–H and O–H groups in total. The third kappa shape index (κ3) is 5.02. The van der Waals surface area contributed by atoms with Crippen LogP contribution in [0.4, 0.5) is 0 Å². The maximum absolute atomic E-state index is 13.5. The maximum atomic E-state index is 13.5. The summed E-state index contributed by atoms with van der Waals surface area (Å²) >= 11 is 0. The highest BCUT2D eigenvalue weighted by Gasteiger charge is 2.58. The Balaban J connectivity index is 1.20. The van der Waals surface area contributed by atoms with Crippen LogP contribution in [0, 0.1) is 19.6 Å². The first-order valence-corrected chi connectivity index (χ1v) is 16.1. The Morgan fingerprint density at radius 1 is 0.556 bits per heavy atom. The fourth-order valence-electron chi connectivity index (χ4n) is 5.50. The predicted octanol–water partition coefficient (Wildman–Crippen LogP) is -0.150. The molecule has 0 amide bonds. The lowest BCUT2D eigenvalue weighted by Gasteiger charge is -2.50. The van der Waals surface area contributed by atoms with Gasteiger partial charge in [-0.25, -0.2) is 26.6 Å². The number of ether oxygens (including phenoxy) is 1. The van der Waals surface area contributed by atoms with Crippen LogP contribution in [-0.4, -0.2) is 110 Å². The van der Waals surface area contributed by atoms with E-state index in [4.69, 9.17) is 4.74 Å². The minimum Gasteiger partial charge on any atom is -0.457 e. The molecule has 0 aromatic heterocycles. The average Bonchev–Trinajstić information content (AvgIpc) is 3.06. The number of fused-ring (bicyclic) bond motifs is 4. The largest absolute Gasteiger partial charge is 0.457 e. The molecule has 4 bridgehead atoms. The first-order chi connectivity index (χ1) is 21.5. The van der Waals surface area contributed by atoms with Crippen LogP contribution in [-0.2, 0) is 20.0 Å². The summed E-state index contributed by atoms with van der Waals surface area (Å²) in [7, 11) is -8.88. The first-order valence-electron chi connectivity index (χ1n) is 13.2. The standard InChI is InChI=1S/C22H26N12O9S2/c35-25-21(26-36)31-11-23-9-29(13-31)15-33(21)44(39,40)19-5-1-17(2-6-19)43-18-3-7-20(8-4-18)45(41,42)34-16-30-10-24-12-32(14-30)22(34,27-37)28-38/h1-8,23-24H,9-16H2. The smallest absolute Gasteiger partial charge is 0.361 e. The van der Waals surface area contributed by atoms with E-state index in [1.807, 2.05) is 0 Å². The lowest BCUT2D eigenvalue weighted by Crippen LogP contribution is -2.73. The summed E-state index contributed by atoms with van der Waals surface area (Å²) in [6.07, 6.45) is 0. The molecular weight excluding hydrogens is 640 g/mol. The van der Waals surface area contributed by atoms with E-state index in [1.54, 1.807) is 9.80 Å². The van der Waals surface area contributed by atoms with Crippen molar-refractivity contribution in [3.63, 3.8) is 0 Å². The van der Waals surface area contributed by atoms with E-state index < -0.39 is 31.9 Å². The zero-order chi connectivity index (χ0) is 32.0. The normalized spacial score (nSPS) is 28.0. The molecule has 4 fully saturated rings. The summed E-state index contributed by atoms with van der Waals surface area (Å²) in [4.78, 5) is 52.4. The Labute approximate surface area is 255 Å². The zero-order valence-electron chi connectivity index (χ0n) is 23.2. The molecule has 4 aliphatic heterocycles. The van der Waals surface area contributed by atoms with Crippen molar-refractivity contribution >= 4 is 20.0 Å². The Hall–Kier alpha value is -3.78. The minimum absolute atomic E-state index is 0.0160. The van der Waals surface area contributed by atoms with E-state index in [0.717, 1.165) is 0 Å². The Kier molecular flexibility index (Phi) is 8.00. The Morgan fingerprint density at radius 3 is 1.24 bits per heavy atom. The van der Waals surface area contributed by atoms with Crippen LogP contribution in [0.15, 0.2) is 79.0 Å². The van der Waals surface area contributed by atoms with Crippen molar-refractivity contribution in [2.75, 3.05) is 53.3 Å². The van der Waals surface area contributed by atoms with Crippen molar-refractivity contribution in [1.29, 1.82) is 0 Å². The van der Waals surface area contributed by atoms with Gasteiger partial charge in [-0.05, 0) is 48.5 Å². The van der Waals surface area contributed by atoms with Gasteiger partial charge in [0.1, 0.15) is 11.5 Å². The lowest BCUT2D eigenvalue weighted by molar-refractivity contribution is -0.136. The summed E-state index contributed by atoms with van der Waals surface area (Å²) < 4.78 is 61.1. The first kappa shape index (κ1) is 31.2. The SMILES string of the molecule is O=NC1(N=O)N2CNCN(C2)CN1S(=O)(=O)c1ccc(Oc2ccc(S(=O)(=O)N3CN4CNCN(C4)C3(N=O)N=O)cc2)cc1. The Bertz CT molecular complexity index is 1570. The molecule has 23 heteroatoms. The third-order valence-electron chi connectivity index (χ3n) is 7.74. The number of nitroso groups, excluding NO2 is 4. The van der Waals surface area contributed by atoms with Gasteiger partial charge in [-0.3, -0.25) is 20.4 Å². The van der Waals surface area contributed by atoms with Gasteiger partial charge in [-0.2, -0.15) is 0 Å². The van der Waals surface area contributed by atoms with Gasteiger partial charge in [0.05, 0.1) is 63.1 Å². The van der Waals surface area contributed by atoms with E-state index in [0.29, 0.717) is 21.9 Å². The second-order valence-electron chi connectivity index (χ2n) is 10.4. The third-order valence-corrected chi connectivity index (χ3v) is 11.4. The van der Waals surface area contributed by atoms with Gasteiger partial charge in [0.25, 0.3) is 0 Å². The van der Waals surface area contributed by atoms with Crippen molar-refractivity contribution in [1.82, 2.24) is 38.8 Å². The van der Waals surface area contributed by atoms with Crippen LogP contribution in [0.25, 0.3) is 0 Å². The number of nitrogens with zero attached hydrogens (tertiary/aromatic N) is 10. The van der Waals surface area contributed by atoms with E-state index >= 15 is 0 Å². The lowest BCUT2D eigenvalue weighted by atomic mass is 10.3. The molecule has 240 valence electrons. The molecular formula is C22H26N12O9S2. The highest BCUT2D eigenvalue weighted by atomic mass is 32.2. The Morgan fingerprint density at radius 2 is 0.911 bits per heavy atom. The van der Waals surface area contributed by atoms with Crippen LogP contribution in [0.2, 0.25) is 0 Å². The summed E-state index contributed by atoms with van der Waals surface area (Å²) in [5, 5.41) is 17.1. The van der Waals surface area contributed by atoms with Gasteiger partial charge >= 0.3 is 11.8 Å². The van der Waals surface area contributed by atoms with Crippen LogP contribution in [0.1, 0.15) is 0 Å². The highest BCUT2D eigenvalue weighted by Crippen LogP contribution is 2.37. The molecule has 0 spiro atoms. The van der Waals surface area contributed by atoms with Crippen molar-refractivity contribution in [2.45, 2.75) is 21.6 Å². The molecule has 4 saturated heterocycles. The molecule has 4 atom stereocenters. The number of nitrogens with one attached hydrogen (secondary N) is 2. The second kappa shape index (κ2) is 11.5. The minimum atomic E-state index is -4.44. The number of hydrogen-bond acceptors (Lipinski definition) is 19. The average molecular weight is 667 g/mol. The van der Waals surface area contributed by atoms with E-state index in [9.17, 15) is 36.5 Å². The topological polar surface area (TPSA) is 239 Å². The molecule has 21 nitrogen and oxygen atoms in total. The number of rotatable bonds is 10. The fourth-order valence-corrected chi connectivity index (χ4v) is 8.61. The van der Waals surface area contributed by atoms with E-state index in [-0.39, 0.29) is 61.3 Å². The van der Waals surface area contributed by atoms with Gasteiger partial charge in [0.15, 0.2) is 0 Å². The van der Waals surface area contributed by atoms with E-state index in [2.05, 4.69) is 31.3 Å². The monoisotopic (exact) mass is 666 g/mol. The van der Waals surface area contributed by atoms with Crippen LogP contribution in [0.3, 0.4) is 0 Å². The fraction of sp³-hybridized carbons (Fsp3) is 0.455. The van der Waals surface area contributed by atoms with Crippen molar-refractivity contribution in [3.8, 4) is 11.5 Å². The number of benzene rings is 2. The molecule has 0 aliphatic carbocycles. The molecule has 0 saturated carbocycles. The highest BCUT2D eigenvalue weighted by molar-refractivity contribution is 7.89. The molecule has 6 rings (SSSR count).